The van der Waals surface area contributed by atoms with E-state index in [4.69, 9.17) is 22.2 Å². The minimum atomic E-state index is -2.32. The maximum absolute atomic E-state index is 6.95. The zero-order valence-electron chi connectivity index (χ0n) is 15.1. The van der Waals surface area contributed by atoms with Gasteiger partial charge in [-0.1, -0.05) is 93.3 Å². The lowest BCUT2D eigenvalue weighted by Gasteiger charge is -2.49. The molecule has 0 amide bonds. The molecule has 0 radical (unpaired) electrons. The largest absolute Gasteiger partial charge is 0.280 e. The molecule has 1 heterocycles. The van der Waals surface area contributed by atoms with Crippen molar-refractivity contribution in [2.24, 2.45) is 5.41 Å². The SMILES string of the molecule is CC(C)(C)CC1C(/C=C\c2ccccc2)=C([Si](C)(C)C)[Si]1(Cl)Cl. The van der Waals surface area contributed by atoms with Crippen LogP contribution >= 0.6 is 22.2 Å². The normalized spacial score (nSPS) is 21.7. The molecule has 1 atom stereocenters. The highest BCUT2D eigenvalue weighted by atomic mass is 35.7. The second kappa shape index (κ2) is 6.55. The third-order valence-corrected chi connectivity index (χ3v) is 15.5. The number of allylic oxidation sites excluding steroid dienone is 2. The Kier molecular flexibility index (Phi) is 5.42. The van der Waals surface area contributed by atoms with Crippen molar-refractivity contribution in [3.63, 3.8) is 0 Å². The maximum Gasteiger partial charge on any atom is 0.280 e. The first-order valence-electron chi connectivity index (χ1n) is 8.29. The van der Waals surface area contributed by atoms with Gasteiger partial charge in [0, 0.05) is 5.54 Å². The van der Waals surface area contributed by atoms with Crippen molar-refractivity contribution in [3.05, 3.63) is 52.4 Å². The molecule has 0 aromatic heterocycles. The lowest BCUT2D eigenvalue weighted by Crippen LogP contribution is -2.52. The minimum absolute atomic E-state index is 0.240. The van der Waals surface area contributed by atoms with E-state index in [1.807, 2.05) is 6.07 Å². The second-order valence-electron chi connectivity index (χ2n) is 8.76. The average molecular weight is 384 g/mol. The minimum Gasteiger partial charge on any atom is -0.140 e. The first-order valence-corrected chi connectivity index (χ1v) is 15.9. The van der Waals surface area contributed by atoms with Gasteiger partial charge in [-0.05, 0) is 17.4 Å². The number of hydrogen-bond donors (Lipinski definition) is 0. The third-order valence-electron chi connectivity index (χ3n) is 4.26. The van der Waals surface area contributed by atoms with Crippen molar-refractivity contribution < 1.29 is 0 Å². The Hall–Kier alpha value is -0.286. The molecule has 0 aliphatic carbocycles. The van der Waals surface area contributed by atoms with Crippen LogP contribution in [0.25, 0.3) is 6.08 Å². The Morgan fingerprint density at radius 2 is 1.61 bits per heavy atom. The Balaban J connectivity index is 2.41. The summed E-state index contributed by atoms with van der Waals surface area (Å²) in [6, 6.07) is 10.5. The van der Waals surface area contributed by atoms with Crippen LogP contribution in [0.2, 0.25) is 25.2 Å². The van der Waals surface area contributed by atoms with Crippen molar-refractivity contribution in [2.45, 2.75) is 52.4 Å². The second-order valence-corrected chi connectivity index (χ2v) is 20.9. The molecule has 0 spiro atoms. The standard InChI is InChI=1S/C19H28Cl2Si2/c1-19(2,3)14-17-16(13-12-15-10-8-7-9-11-15)18(22(4,5)6)23(17,20)21/h7-13,17H,14H2,1-6H3/b13-12-. The smallest absolute Gasteiger partial charge is 0.140 e. The summed E-state index contributed by atoms with van der Waals surface area (Å²) in [6.07, 6.45) is 5.56. The van der Waals surface area contributed by atoms with E-state index in [1.54, 1.807) is 0 Å². The third kappa shape index (κ3) is 4.42. The van der Waals surface area contributed by atoms with E-state index >= 15 is 0 Å². The van der Waals surface area contributed by atoms with Crippen LogP contribution in [0.1, 0.15) is 32.8 Å². The fraction of sp³-hybridized carbons (Fsp3) is 0.474. The maximum atomic E-state index is 6.95. The van der Waals surface area contributed by atoms with Gasteiger partial charge in [-0.15, -0.1) is 22.2 Å². The Labute approximate surface area is 153 Å². The predicted molar refractivity (Wildman–Crippen MR) is 111 cm³/mol. The van der Waals surface area contributed by atoms with Gasteiger partial charge in [0.2, 0.25) is 0 Å². The monoisotopic (exact) mass is 382 g/mol. The van der Waals surface area contributed by atoms with Crippen LogP contribution in [-0.4, -0.2) is 14.8 Å². The highest BCUT2D eigenvalue weighted by Gasteiger charge is 2.57. The van der Waals surface area contributed by atoms with E-state index in [-0.39, 0.29) is 5.41 Å². The van der Waals surface area contributed by atoms with Crippen LogP contribution < -0.4 is 0 Å². The highest BCUT2D eigenvalue weighted by molar-refractivity contribution is 7.54. The zero-order chi connectivity index (χ0) is 17.5. The molecule has 1 aliphatic heterocycles. The fourth-order valence-electron chi connectivity index (χ4n) is 3.39. The van der Waals surface area contributed by atoms with Gasteiger partial charge in [0.15, 0.2) is 0 Å². The van der Waals surface area contributed by atoms with Crippen molar-refractivity contribution in [1.82, 2.24) is 0 Å². The van der Waals surface area contributed by atoms with Crippen LogP contribution in [-0.2, 0) is 0 Å². The zero-order valence-corrected chi connectivity index (χ0v) is 18.6. The first-order chi connectivity index (χ1) is 10.4. The molecule has 0 bridgehead atoms. The van der Waals surface area contributed by atoms with Crippen LogP contribution in [0, 0.1) is 5.41 Å². The van der Waals surface area contributed by atoms with E-state index < -0.39 is 14.8 Å². The molecule has 1 aromatic carbocycles. The van der Waals surface area contributed by atoms with Gasteiger partial charge in [-0.2, -0.15) is 0 Å². The number of rotatable bonds is 4. The molecule has 1 aromatic rings. The topological polar surface area (TPSA) is 0 Å². The van der Waals surface area contributed by atoms with Crippen LogP contribution in [0.5, 0.6) is 0 Å². The molecule has 1 aliphatic rings. The lowest BCUT2D eigenvalue weighted by molar-refractivity contribution is 0.375. The molecule has 1 unspecified atom stereocenters. The van der Waals surface area contributed by atoms with Gasteiger partial charge in [0.25, 0.3) is 6.69 Å². The molecule has 23 heavy (non-hydrogen) atoms. The predicted octanol–water partition coefficient (Wildman–Crippen LogP) is 7.15. The fourth-order valence-corrected chi connectivity index (χ4v) is 18.4. The Morgan fingerprint density at radius 1 is 1.04 bits per heavy atom. The molecule has 0 saturated carbocycles. The summed E-state index contributed by atoms with van der Waals surface area (Å²) in [7, 11) is -1.50. The number of hydrogen-bond acceptors (Lipinski definition) is 0. The van der Waals surface area contributed by atoms with Gasteiger partial charge in [-0.3, -0.25) is 0 Å². The number of benzene rings is 1. The van der Waals surface area contributed by atoms with Gasteiger partial charge in [0.05, 0.1) is 8.07 Å². The molecule has 0 fully saturated rings. The van der Waals surface area contributed by atoms with E-state index in [2.05, 4.69) is 76.8 Å². The van der Waals surface area contributed by atoms with Crippen molar-refractivity contribution in [1.29, 1.82) is 0 Å². The quantitative estimate of drug-likeness (QED) is 0.382. The van der Waals surface area contributed by atoms with E-state index in [0.29, 0.717) is 5.54 Å². The summed E-state index contributed by atoms with van der Waals surface area (Å²) in [5.41, 5.74) is 3.25. The Morgan fingerprint density at radius 3 is 2.09 bits per heavy atom. The molecule has 0 N–H and O–H groups in total. The molecule has 0 nitrogen and oxygen atoms in total. The van der Waals surface area contributed by atoms with E-state index in [9.17, 15) is 0 Å². The van der Waals surface area contributed by atoms with Gasteiger partial charge < -0.3 is 0 Å². The van der Waals surface area contributed by atoms with E-state index in [1.165, 1.54) is 16.0 Å². The molecule has 4 heteroatoms. The van der Waals surface area contributed by atoms with Crippen molar-refractivity contribution in [3.8, 4) is 0 Å². The molecule has 2 rings (SSSR count). The van der Waals surface area contributed by atoms with Gasteiger partial charge in [0.1, 0.15) is 0 Å². The van der Waals surface area contributed by atoms with Crippen LogP contribution in [0.15, 0.2) is 46.8 Å². The van der Waals surface area contributed by atoms with Crippen molar-refractivity contribution >= 4 is 43.0 Å². The number of halogens is 2. The summed E-state index contributed by atoms with van der Waals surface area (Å²) in [6.45, 7) is 11.6. The van der Waals surface area contributed by atoms with Gasteiger partial charge in [-0.25, -0.2) is 0 Å². The van der Waals surface area contributed by atoms with E-state index in [0.717, 1.165) is 6.42 Å². The molecular formula is C19H28Cl2Si2. The van der Waals surface area contributed by atoms with Crippen LogP contribution in [0.3, 0.4) is 0 Å². The summed E-state index contributed by atoms with van der Waals surface area (Å²) in [4.78, 5) is 1.44. The summed E-state index contributed by atoms with van der Waals surface area (Å²) < 4.78 is 0. The highest BCUT2D eigenvalue weighted by Crippen LogP contribution is 2.59. The van der Waals surface area contributed by atoms with Crippen molar-refractivity contribution in [2.75, 3.05) is 0 Å². The molecule has 0 saturated heterocycles. The van der Waals surface area contributed by atoms with Gasteiger partial charge >= 0.3 is 0 Å². The van der Waals surface area contributed by atoms with Crippen LogP contribution in [0.4, 0.5) is 0 Å². The lowest BCUT2D eigenvalue weighted by atomic mass is 9.88. The average Bonchev–Trinajstić information content (AvgIpc) is 2.39. The first kappa shape index (κ1) is 19.0. The summed E-state index contributed by atoms with van der Waals surface area (Å²) in [5.74, 6) is 0. The summed E-state index contributed by atoms with van der Waals surface area (Å²) >= 11 is 13.9. The summed E-state index contributed by atoms with van der Waals surface area (Å²) in [5, 5.41) is 0. The molecular weight excluding hydrogens is 355 g/mol. The molecule has 126 valence electrons. The Bertz CT molecular complexity index is 617.